The Balaban J connectivity index is 1.77. The van der Waals surface area contributed by atoms with Crippen molar-refractivity contribution < 1.29 is 4.74 Å². The molecular weight excluding hydrogens is 250 g/mol. The standard InChI is InChI=1S/C13H22ClN3O/c1-3-11-13(14)12(17(2)16-11)9-15-7-6-10-5-4-8-18-10/h10,15H,3-9H2,1-2H3. The summed E-state index contributed by atoms with van der Waals surface area (Å²) in [5.74, 6) is 0. The van der Waals surface area contributed by atoms with E-state index in [1.807, 2.05) is 11.7 Å². The number of nitrogens with zero attached hydrogens (tertiary/aromatic N) is 2. The molecule has 0 aromatic carbocycles. The maximum Gasteiger partial charge on any atom is 0.0863 e. The first-order valence-electron chi connectivity index (χ1n) is 6.75. The molecule has 1 aromatic rings. The fourth-order valence-electron chi connectivity index (χ4n) is 2.35. The number of nitrogens with one attached hydrogen (secondary N) is 1. The van der Waals surface area contributed by atoms with Crippen molar-refractivity contribution in [2.24, 2.45) is 7.05 Å². The number of aryl methyl sites for hydroxylation is 2. The van der Waals surface area contributed by atoms with Gasteiger partial charge < -0.3 is 10.1 Å². The summed E-state index contributed by atoms with van der Waals surface area (Å²) in [5.41, 5.74) is 2.05. The summed E-state index contributed by atoms with van der Waals surface area (Å²) in [4.78, 5) is 0. The molecular formula is C13H22ClN3O. The molecule has 5 heteroatoms. The molecule has 0 bridgehead atoms. The van der Waals surface area contributed by atoms with Crippen LogP contribution in [0.2, 0.25) is 5.02 Å². The van der Waals surface area contributed by atoms with Crippen molar-refractivity contribution in [1.82, 2.24) is 15.1 Å². The molecule has 4 nitrogen and oxygen atoms in total. The second kappa shape index (κ2) is 6.55. The maximum atomic E-state index is 6.29. The minimum Gasteiger partial charge on any atom is -0.378 e. The molecule has 1 atom stereocenters. The first-order valence-corrected chi connectivity index (χ1v) is 7.12. The molecule has 1 unspecified atom stereocenters. The number of rotatable bonds is 6. The number of hydrogen-bond donors (Lipinski definition) is 1. The number of hydrogen-bond acceptors (Lipinski definition) is 3. The summed E-state index contributed by atoms with van der Waals surface area (Å²) in [5, 5.41) is 8.64. The molecule has 1 N–H and O–H groups in total. The molecule has 1 aromatic heterocycles. The lowest BCUT2D eigenvalue weighted by Gasteiger charge is -2.10. The van der Waals surface area contributed by atoms with E-state index in [9.17, 15) is 0 Å². The van der Waals surface area contributed by atoms with Gasteiger partial charge in [0.05, 0.1) is 22.5 Å². The molecule has 1 saturated heterocycles. The first kappa shape index (κ1) is 13.8. The van der Waals surface area contributed by atoms with Gasteiger partial charge in [0.15, 0.2) is 0 Å². The predicted octanol–water partition coefficient (Wildman–Crippen LogP) is 2.29. The van der Waals surface area contributed by atoms with Gasteiger partial charge in [-0.25, -0.2) is 0 Å². The Hall–Kier alpha value is -0.580. The van der Waals surface area contributed by atoms with E-state index in [0.29, 0.717) is 6.10 Å². The van der Waals surface area contributed by atoms with Gasteiger partial charge in [-0.2, -0.15) is 5.10 Å². The molecule has 1 aliphatic heterocycles. The quantitative estimate of drug-likeness (QED) is 0.807. The van der Waals surface area contributed by atoms with Crippen LogP contribution in [0, 0.1) is 0 Å². The van der Waals surface area contributed by atoms with Crippen molar-refractivity contribution in [3.05, 3.63) is 16.4 Å². The molecule has 18 heavy (non-hydrogen) atoms. The van der Waals surface area contributed by atoms with E-state index in [2.05, 4.69) is 17.3 Å². The zero-order valence-corrected chi connectivity index (χ0v) is 12.0. The lowest BCUT2D eigenvalue weighted by molar-refractivity contribution is 0.104. The van der Waals surface area contributed by atoms with Gasteiger partial charge in [0.25, 0.3) is 0 Å². The fraction of sp³-hybridized carbons (Fsp3) is 0.769. The highest BCUT2D eigenvalue weighted by atomic mass is 35.5. The van der Waals surface area contributed by atoms with Crippen LogP contribution in [0.3, 0.4) is 0 Å². The molecule has 0 aliphatic carbocycles. The Labute approximate surface area is 114 Å². The Bertz CT molecular complexity index is 386. The molecule has 0 radical (unpaired) electrons. The largest absolute Gasteiger partial charge is 0.378 e. The minimum atomic E-state index is 0.450. The molecule has 2 rings (SSSR count). The van der Waals surface area contributed by atoms with Gasteiger partial charge in [-0.3, -0.25) is 4.68 Å². The fourth-order valence-corrected chi connectivity index (χ4v) is 2.71. The lowest BCUT2D eigenvalue weighted by atomic mass is 10.2. The number of ether oxygens (including phenoxy) is 1. The summed E-state index contributed by atoms with van der Waals surface area (Å²) in [6.45, 7) is 4.74. The van der Waals surface area contributed by atoms with Crippen LogP contribution in [0.5, 0.6) is 0 Å². The van der Waals surface area contributed by atoms with Gasteiger partial charge >= 0.3 is 0 Å². The second-order valence-corrected chi connectivity index (χ2v) is 5.16. The molecule has 0 spiro atoms. The van der Waals surface area contributed by atoms with Gasteiger partial charge in [0, 0.05) is 20.2 Å². The Morgan fingerprint density at radius 2 is 2.39 bits per heavy atom. The maximum absolute atomic E-state index is 6.29. The van der Waals surface area contributed by atoms with Gasteiger partial charge in [0.1, 0.15) is 0 Å². The average molecular weight is 272 g/mol. The van der Waals surface area contributed by atoms with Crippen LogP contribution >= 0.6 is 11.6 Å². The third-order valence-electron chi connectivity index (χ3n) is 3.46. The molecule has 0 amide bonds. The minimum absolute atomic E-state index is 0.450. The number of halogens is 1. The Kier molecular flexibility index (Phi) is 5.03. The van der Waals surface area contributed by atoms with E-state index < -0.39 is 0 Å². The second-order valence-electron chi connectivity index (χ2n) is 4.79. The summed E-state index contributed by atoms with van der Waals surface area (Å²) in [7, 11) is 1.95. The topological polar surface area (TPSA) is 39.1 Å². The van der Waals surface area contributed by atoms with Gasteiger partial charge in [0.2, 0.25) is 0 Å². The van der Waals surface area contributed by atoms with Crippen LogP contribution in [-0.2, 0) is 24.8 Å². The van der Waals surface area contributed by atoms with Crippen LogP contribution in [-0.4, -0.2) is 29.0 Å². The van der Waals surface area contributed by atoms with Gasteiger partial charge in [-0.1, -0.05) is 18.5 Å². The highest BCUT2D eigenvalue weighted by Gasteiger charge is 2.15. The van der Waals surface area contributed by atoms with Gasteiger partial charge in [-0.05, 0) is 32.2 Å². The SMILES string of the molecule is CCc1nn(C)c(CNCCC2CCCO2)c1Cl. The highest BCUT2D eigenvalue weighted by molar-refractivity contribution is 6.31. The molecule has 2 heterocycles. The van der Waals surface area contributed by atoms with E-state index in [4.69, 9.17) is 16.3 Å². The van der Waals surface area contributed by atoms with Crippen molar-refractivity contribution in [2.45, 2.75) is 45.3 Å². The van der Waals surface area contributed by atoms with E-state index in [0.717, 1.165) is 48.9 Å². The third kappa shape index (κ3) is 3.25. The van der Waals surface area contributed by atoms with E-state index in [1.54, 1.807) is 0 Å². The van der Waals surface area contributed by atoms with E-state index in [1.165, 1.54) is 12.8 Å². The van der Waals surface area contributed by atoms with Crippen molar-refractivity contribution >= 4 is 11.6 Å². The van der Waals surface area contributed by atoms with E-state index in [-0.39, 0.29) is 0 Å². The molecule has 1 aliphatic rings. The molecule has 102 valence electrons. The highest BCUT2D eigenvalue weighted by Crippen LogP contribution is 2.20. The van der Waals surface area contributed by atoms with Gasteiger partial charge in [-0.15, -0.1) is 0 Å². The summed E-state index contributed by atoms with van der Waals surface area (Å²) in [6, 6.07) is 0. The van der Waals surface area contributed by atoms with E-state index >= 15 is 0 Å². The normalized spacial score (nSPS) is 19.6. The van der Waals surface area contributed by atoms with Crippen LogP contribution in [0.15, 0.2) is 0 Å². The van der Waals surface area contributed by atoms with Crippen LogP contribution in [0.1, 0.15) is 37.6 Å². The third-order valence-corrected chi connectivity index (χ3v) is 3.90. The van der Waals surface area contributed by atoms with Crippen molar-refractivity contribution in [2.75, 3.05) is 13.2 Å². The Morgan fingerprint density at radius 1 is 1.56 bits per heavy atom. The smallest absolute Gasteiger partial charge is 0.0863 e. The van der Waals surface area contributed by atoms with Crippen LogP contribution in [0.4, 0.5) is 0 Å². The number of aromatic nitrogens is 2. The zero-order valence-electron chi connectivity index (χ0n) is 11.2. The molecule has 1 fully saturated rings. The summed E-state index contributed by atoms with van der Waals surface area (Å²) >= 11 is 6.29. The summed E-state index contributed by atoms with van der Waals surface area (Å²) < 4.78 is 7.47. The zero-order chi connectivity index (χ0) is 13.0. The Morgan fingerprint density at radius 3 is 3.00 bits per heavy atom. The van der Waals surface area contributed by atoms with Crippen LogP contribution in [0.25, 0.3) is 0 Å². The predicted molar refractivity (Wildman–Crippen MR) is 72.9 cm³/mol. The van der Waals surface area contributed by atoms with Crippen LogP contribution < -0.4 is 5.32 Å². The summed E-state index contributed by atoms with van der Waals surface area (Å²) in [6.07, 6.45) is 4.82. The first-order chi connectivity index (χ1) is 8.72. The average Bonchev–Trinajstić information content (AvgIpc) is 2.96. The van der Waals surface area contributed by atoms with Crippen molar-refractivity contribution in [1.29, 1.82) is 0 Å². The monoisotopic (exact) mass is 271 g/mol. The lowest BCUT2D eigenvalue weighted by Crippen LogP contribution is -2.21. The van der Waals surface area contributed by atoms with Crippen molar-refractivity contribution in [3.8, 4) is 0 Å². The molecule has 0 saturated carbocycles. The van der Waals surface area contributed by atoms with Crippen molar-refractivity contribution in [3.63, 3.8) is 0 Å².